The number of non-ortho nitro benzene ring substituents is 1. The van der Waals surface area contributed by atoms with Gasteiger partial charge in [-0.2, -0.15) is 4.31 Å². The first-order valence-corrected chi connectivity index (χ1v) is 9.90. The molecule has 2 aromatic carbocycles. The van der Waals surface area contributed by atoms with Crippen molar-refractivity contribution in [3.63, 3.8) is 0 Å². The van der Waals surface area contributed by atoms with Gasteiger partial charge in [0, 0.05) is 48.9 Å². The van der Waals surface area contributed by atoms with Crippen LogP contribution >= 0.6 is 11.6 Å². The minimum atomic E-state index is -3.69. The molecule has 0 unspecified atom stereocenters. The average molecular weight is 410 g/mol. The highest BCUT2D eigenvalue weighted by Crippen LogP contribution is 2.22. The molecule has 142 valence electrons. The van der Waals surface area contributed by atoms with Gasteiger partial charge in [-0.1, -0.05) is 23.7 Å². The van der Waals surface area contributed by atoms with Crippen LogP contribution < -0.4 is 0 Å². The molecule has 27 heavy (non-hydrogen) atoms. The Labute approximate surface area is 161 Å². The lowest BCUT2D eigenvalue weighted by Gasteiger charge is -2.34. The molecule has 0 radical (unpaired) electrons. The Morgan fingerprint density at radius 3 is 2.33 bits per heavy atom. The second kappa shape index (κ2) is 7.63. The van der Waals surface area contributed by atoms with Crippen molar-refractivity contribution in [1.82, 2.24) is 9.21 Å². The SMILES string of the molecule is O=C(c1cccc([N+](=O)[O-])c1)N1CCN(S(=O)(=O)c2cccc(Cl)c2)CC1. The first-order valence-electron chi connectivity index (χ1n) is 8.08. The van der Waals surface area contributed by atoms with Gasteiger partial charge in [-0.3, -0.25) is 14.9 Å². The zero-order valence-corrected chi connectivity index (χ0v) is 15.7. The van der Waals surface area contributed by atoms with Crippen molar-refractivity contribution in [2.75, 3.05) is 26.2 Å². The molecule has 2 aromatic rings. The lowest BCUT2D eigenvalue weighted by molar-refractivity contribution is -0.384. The van der Waals surface area contributed by atoms with Gasteiger partial charge in [0.05, 0.1) is 9.82 Å². The highest BCUT2D eigenvalue weighted by molar-refractivity contribution is 7.89. The quantitative estimate of drug-likeness (QED) is 0.570. The second-order valence-corrected chi connectivity index (χ2v) is 8.34. The zero-order chi connectivity index (χ0) is 19.6. The molecule has 1 heterocycles. The van der Waals surface area contributed by atoms with Crippen molar-refractivity contribution in [3.05, 3.63) is 69.2 Å². The summed E-state index contributed by atoms with van der Waals surface area (Å²) in [7, 11) is -3.69. The maximum atomic E-state index is 12.7. The van der Waals surface area contributed by atoms with Crippen LogP contribution in [-0.2, 0) is 10.0 Å². The molecule has 1 fully saturated rings. The molecule has 0 atom stereocenters. The van der Waals surface area contributed by atoms with Crippen molar-refractivity contribution in [2.45, 2.75) is 4.90 Å². The summed E-state index contributed by atoms with van der Waals surface area (Å²) in [6.45, 7) is 0.660. The average Bonchev–Trinajstić information content (AvgIpc) is 2.67. The summed E-state index contributed by atoms with van der Waals surface area (Å²) >= 11 is 5.87. The van der Waals surface area contributed by atoms with E-state index in [0.717, 1.165) is 0 Å². The van der Waals surface area contributed by atoms with Crippen LogP contribution in [0.5, 0.6) is 0 Å². The second-order valence-electron chi connectivity index (χ2n) is 5.96. The number of hydrogen-bond donors (Lipinski definition) is 0. The fourth-order valence-corrected chi connectivity index (χ4v) is 4.57. The first-order chi connectivity index (χ1) is 12.8. The van der Waals surface area contributed by atoms with E-state index < -0.39 is 14.9 Å². The summed E-state index contributed by atoms with van der Waals surface area (Å²) in [5.74, 6) is -0.362. The highest BCUT2D eigenvalue weighted by Gasteiger charge is 2.30. The number of piperazine rings is 1. The van der Waals surface area contributed by atoms with Crippen molar-refractivity contribution < 1.29 is 18.1 Å². The molecule has 0 aromatic heterocycles. The molecule has 1 saturated heterocycles. The van der Waals surface area contributed by atoms with Crippen LogP contribution in [0.4, 0.5) is 5.69 Å². The van der Waals surface area contributed by atoms with Crippen molar-refractivity contribution in [2.24, 2.45) is 0 Å². The van der Waals surface area contributed by atoms with Crippen LogP contribution in [0.1, 0.15) is 10.4 Å². The van der Waals surface area contributed by atoms with Gasteiger partial charge in [-0.05, 0) is 24.3 Å². The molecule has 1 amide bonds. The van der Waals surface area contributed by atoms with Crippen LogP contribution in [0, 0.1) is 10.1 Å². The Balaban J connectivity index is 1.71. The number of carbonyl (C=O) groups excluding carboxylic acids is 1. The lowest BCUT2D eigenvalue weighted by atomic mass is 10.1. The number of carbonyl (C=O) groups is 1. The smallest absolute Gasteiger partial charge is 0.270 e. The molecule has 0 saturated carbocycles. The number of rotatable bonds is 4. The first kappa shape index (κ1) is 19.3. The minimum Gasteiger partial charge on any atom is -0.336 e. The number of hydrogen-bond acceptors (Lipinski definition) is 5. The van der Waals surface area contributed by atoms with Gasteiger partial charge in [0.2, 0.25) is 10.0 Å². The molecule has 0 spiro atoms. The summed E-state index contributed by atoms with van der Waals surface area (Å²) < 4.78 is 26.7. The number of nitro groups is 1. The largest absolute Gasteiger partial charge is 0.336 e. The molecule has 0 aliphatic carbocycles. The molecule has 1 aliphatic heterocycles. The van der Waals surface area contributed by atoms with Gasteiger partial charge in [0.15, 0.2) is 0 Å². The summed E-state index contributed by atoms with van der Waals surface area (Å²) in [6.07, 6.45) is 0. The molecule has 0 bridgehead atoms. The summed E-state index contributed by atoms with van der Waals surface area (Å²) in [5.41, 5.74) is 0.0402. The predicted octanol–water partition coefficient (Wildman–Crippen LogP) is 2.39. The van der Waals surface area contributed by atoms with Crippen molar-refractivity contribution in [1.29, 1.82) is 0 Å². The number of amides is 1. The number of sulfonamides is 1. The van der Waals surface area contributed by atoms with Gasteiger partial charge in [-0.25, -0.2) is 8.42 Å². The van der Waals surface area contributed by atoms with E-state index in [2.05, 4.69) is 0 Å². The maximum Gasteiger partial charge on any atom is 0.270 e. The van der Waals surface area contributed by atoms with Crippen LogP contribution in [0.25, 0.3) is 0 Å². The Morgan fingerprint density at radius 1 is 1.04 bits per heavy atom. The fourth-order valence-electron chi connectivity index (χ4n) is 2.84. The number of halogens is 1. The molecule has 8 nitrogen and oxygen atoms in total. The fraction of sp³-hybridized carbons (Fsp3) is 0.235. The third-order valence-corrected chi connectivity index (χ3v) is 6.39. The maximum absolute atomic E-state index is 12.7. The molecule has 10 heteroatoms. The molecular formula is C17H16ClN3O5S. The topological polar surface area (TPSA) is 101 Å². The van der Waals surface area contributed by atoms with E-state index in [1.807, 2.05) is 0 Å². The third-order valence-electron chi connectivity index (χ3n) is 4.26. The van der Waals surface area contributed by atoms with Gasteiger partial charge in [0.1, 0.15) is 0 Å². The number of nitrogens with zero attached hydrogens (tertiary/aromatic N) is 3. The minimum absolute atomic E-state index is 0.105. The van der Waals surface area contributed by atoms with Gasteiger partial charge >= 0.3 is 0 Å². The number of nitro benzene ring substituents is 1. The van der Waals surface area contributed by atoms with Crippen molar-refractivity contribution in [3.8, 4) is 0 Å². The van der Waals surface area contributed by atoms with E-state index in [0.29, 0.717) is 5.02 Å². The van der Waals surface area contributed by atoms with Gasteiger partial charge < -0.3 is 4.90 Å². The Kier molecular flexibility index (Phi) is 5.45. The molecule has 0 N–H and O–H groups in total. The van der Waals surface area contributed by atoms with E-state index in [1.54, 1.807) is 12.1 Å². The Hall–Kier alpha value is -2.49. The Morgan fingerprint density at radius 2 is 1.70 bits per heavy atom. The zero-order valence-electron chi connectivity index (χ0n) is 14.1. The van der Waals surface area contributed by atoms with Crippen LogP contribution in [-0.4, -0.2) is 54.6 Å². The van der Waals surface area contributed by atoms with Crippen molar-refractivity contribution >= 4 is 33.2 Å². The standard InChI is InChI=1S/C17H16ClN3O5S/c18-14-4-2-6-16(12-14)27(25,26)20-9-7-19(8-10-20)17(22)13-3-1-5-15(11-13)21(23)24/h1-6,11-12H,7-10H2. The molecule has 3 rings (SSSR count). The normalized spacial score (nSPS) is 15.5. The van der Waals surface area contributed by atoms with E-state index in [1.165, 1.54) is 45.6 Å². The van der Waals surface area contributed by atoms with E-state index in [4.69, 9.17) is 11.6 Å². The third kappa shape index (κ3) is 4.10. The van der Waals surface area contributed by atoms with Gasteiger partial charge in [-0.15, -0.1) is 0 Å². The van der Waals surface area contributed by atoms with Crippen LogP contribution in [0.2, 0.25) is 5.02 Å². The van der Waals surface area contributed by atoms with E-state index in [-0.39, 0.29) is 48.2 Å². The summed E-state index contributed by atoms with van der Waals surface area (Å²) in [5, 5.41) is 11.2. The Bertz CT molecular complexity index is 988. The summed E-state index contributed by atoms with van der Waals surface area (Å²) in [6, 6.07) is 11.5. The number of benzene rings is 2. The van der Waals surface area contributed by atoms with Gasteiger partial charge in [0.25, 0.3) is 11.6 Å². The molecular weight excluding hydrogens is 394 g/mol. The van der Waals surface area contributed by atoms with Crippen LogP contribution in [0.15, 0.2) is 53.4 Å². The van der Waals surface area contributed by atoms with E-state index in [9.17, 15) is 23.3 Å². The van der Waals surface area contributed by atoms with E-state index >= 15 is 0 Å². The predicted molar refractivity (Wildman–Crippen MR) is 99.2 cm³/mol. The lowest BCUT2D eigenvalue weighted by Crippen LogP contribution is -2.50. The highest BCUT2D eigenvalue weighted by atomic mass is 35.5. The van der Waals surface area contributed by atoms with Crippen LogP contribution in [0.3, 0.4) is 0 Å². The monoisotopic (exact) mass is 409 g/mol. The summed E-state index contributed by atoms with van der Waals surface area (Å²) in [4.78, 5) is 24.5. The molecule has 1 aliphatic rings.